The highest BCUT2D eigenvalue weighted by Gasteiger charge is 2.33. The van der Waals surface area contributed by atoms with Gasteiger partial charge in [-0.15, -0.1) is 0 Å². The largest absolute Gasteiger partial charge is 0.497 e. The highest BCUT2D eigenvalue weighted by atomic mass is 16.5. The number of amides is 1. The van der Waals surface area contributed by atoms with Crippen molar-refractivity contribution < 1.29 is 23.8 Å². The number of rotatable bonds is 6. The number of carbonyl (C=O) groups is 2. The molecule has 2 aromatic carbocycles. The molecule has 7 heteroatoms. The van der Waals surface area contributed by atoms with Crippen molar-refractivity contribution in [2.75, 3.05) is 26.1 Å². The summed E-state index contributed by atoms with van der Waals surface area (Å²) in [6.45, 7) is 6.26. The van der Waals surface area contributed by atoms with Gasteiger partial charge >= 0.3 is 5.97 Å². The zero-order valence-electron chi connectivity index (χ0n) is 20.9. The molecule has 184 valence electrons. The van der Waals surface area contributed by atoms with E-state index in [-0.39, 0.29) is 5.41 Å². The first-order valence-electron chi connectivity index (χ1n) is 11.8. The molecule has 0 fully saturated rings. The molecule has 7 nitrogen and oxygen atoms in total. The molecule has 1 unspecified atom stereocenters. The molecule has 0 spiro atoms. The summed E-state index contributed by atoms with van der Waals surface area (Å²) in [5, 5.41) is 3.49. The van der Waals surface area contributed by atoms with Crippen molar-refractivity contribution in [2.24, 2.45) is 11.3 Å². The standard InChI is InChI=1S/C28H32N2O5/c1-28(2,3)17-10-12-22-20(14-17)26(19-8-6-7-9-21(19)29-22)27(32)35-16-25(31)30-23-15-18(33-4)11-13-24(23)34-5/h6-9,11,13,15,17H,10,12,14,16H2,1-5H3,(H,30,31). The summed E-state index contributed by atoms with van der Waals surface area (Å²) in [4.78, 5) is 30.9. The van der Waals surface area contributed by atoms with Crippen molar-refractivity contribution in [3.63, 3.8) is 0 Å². The lowest BCUT2D eigenvalue weighted by Crippen LogP contribution is -2.29. The second-order valence-corrected chi connectivity index (χ2v) is 9.93. The normalized spacial score (nSPS) is 15.3. The maximum atomic E-state index is 13.4. The van der Waals surface area contributed by atoms with Crippen LogP contribution in [0.3, 0.4) is 0 Å². The molecule has 0 radical (unpaired) electrons. The zero-order valence-corrected chi connectivity index (χ0v) is 20.9. The van der Waals surface area contributed by atoms with Crippen LogP contribution >= 0.6 is 0 Å². The molecule has 0 saturated heterocycles. The van der Waals surface area contributed by atoms with Crippen molar-refractivity contribution >= 4 is 28.5 Å². The van der Waals surface area contributed by atoms with Gasteiger partial charge in [-0.1, -0.05) is 39.0 Å². The van der Waals surface area contributed by atoms with Gasteiger partial charge in [-0.3, -0.25) is 9.78 Å². The van der Waals surface area contributed by atoms with Crippen LogP contribution in [0.25, 0.3) is 10.9 Å². The predicted octanol–water partition coefficient (Wildman–Crippen LogP) is 5.20. The second-order valence-electron chi connectivity index (χ2n) is 9.93. The highest BCUT2D eigenvalue weighted by molar-refractivity contribution is 6.06. The first-order chi connectivity index (χ1) is 16.7. The number of para-hydroxylation sites is 1. The summed E-state index contributed by atoms with van der Waals surface area (Å²) in [6.07, 6.45) is 2.61. The average molecular weight is 477 g/mol. The number of ether oxygens (including phenoxy) is 3. The Hall–Kier alpha value is -3.61. The van der Waals surface area contributed by atoms with Gasteiger partial charge in [0.2, 0.25) is 0 Å². The Morgan fingerprint density at radius 1 is 1.09 bits per heavy atom. The summed E-state index contributed by atoms with van der Waals surface area (Å²) in [6, 6.07) is 12.7. The SMILES string of the molecule is COc1ccc(OC)c(NC(=O)COC(=O)c2c3c(nc4ccccc24)CCC(C(C)(C)C)C3)c1. The number of nitrogens with one attached hydrogen (secondary N) is 1. The summed E-state index contributed by atoms with van der Waals surface area (Å²) in [5.41, 5.74) is 3.72. The molecule has 1 heterocycles. The van der Waals surface area contributed by atoms with E-state index in [2.05, 4.69) is 26.1 Å². The Morgan fingerprint density at radius 3 is 2.57 bits per heavy atom. The number of aromatic nitrogens is 1. The van der Waals surface area contributed by atoms with Crippen molar-refractivity contribution in [3.05, 3.63) is 59.3 Å². The van der Waals surface area contributed by atoms with Crippen LogP contribution in [0.4, 0.5) is 5.69 Å². The number of nitrogens with zero attached hydrogens (tertiary/aromatic N) is 1. The lowest BCUT2D eigenvalue weighted by Gasteiger charge is -2.35. The molecule has 1 atom stereocenters. The van der Waals surface area contributed by atoms with E-state index < -0.39 is 18.5 Å². The first kappa shape index (κ1) is 24.5. The van der Waals surface area contributed by atoms with E-state index in [9.17, 15) is 9.59 Å². The molecule has 0 aliphatic heterocycles. The van der Waals surface area contributed by atoms with Crippen LogP contribution in [0.15, 0.2) is 42.5 Å². The molecule has 1 aliphatic rings. The van der Waals surface area contributed by atoms with Gasteiger partial charge in [0, 0.05) is 17.1 Å². The first-order valence-corrected chi connectivity index (χ1v) is 11.8. The van der Waals surface area contributed by atoms with Crippen LogP contribution in [0.2, 0.25) is 0 Å². The fourth-order valence-electron chi connectivity index (χ4n) is 4.66. The van der Waals surface area contributed by atoms with Crippen molar-refractivity contribution in [1.82, 2.24) is 4.98 Å². The number of carbonyl (C=O) groups excluding carboxylic acids is 2. The molecular weight excluding hydrogens is 444 g/mol. The number of methoxy groups -OCH3 is 2. The van der Waals surface area contributed by atoms with Gasteiger partial charge in [0.05, 0.1) is 31.0 Å². The number of esters is 1. The Morgan fingerprint density at radius 2 is 1.86 bits per heavy atom. The minimum absolute atomic E-state index is 0.111. The van der Waals surface area contributed by atoms with E-state index in [1.807, 2.05) is 24.3 Å². The van der Waals surface area contributed by atoms with E-state index in [1.165, 1.54) is 7.11 Å². The molecule has 1 aliphatic carbocycles. The van der Waals surface area contributed by atoms with Gasteiger partial charge in [-0.05, 0) is 54.4 Å². The maximum Gasteiger partial charge on any atom is 0.339 e. The zero-order chi connectivity index (χ0) is 25.2. The average Bonchev–Trinajstić information content (AvgIpc) is 2.84. The number of benzene rings is 2. The topological polar surface area (TPSA) is 86.8 Å². The Bertz CT molecular complexity index is 1260. The summed E-state index contributed by atoms with van der Waals surface area (Å²) in [7, 11) is 3.05. The molecule has 1 N–H and O–H groups in total. The Labute approximate surface area is 205 Å². The van der Waals surface area contributed by atoms with Gasteiger partial charge in [0.25, 0.3) is 5.91 Å². The van der Waals surface area contributed by atoms with Crippen molar-refractivity contribution in [3.8, 4) is 11.5 Å². The smallest absolute Gasteiger partial charge is 0.339 e. The third-order valence-corrected chi connectivity index (χ3v) is 6.70. The van der Waals surface area contributed by atoms with Crippen LogP contribution in [0, 0.1) is 11.3 Å². The van der Waals surface area contributed by atoms with E-state index in [4.69, 9.17) is 19.2 Å². The van der Waals surface area contributed by atoms with Crippen molar-refractivity contribution in [1.29, 1.82) is 0 Å². The minimum Gasteiger partial charge on any atom is -0.497 e. The van der Waals surface area contributed by atoms with Gasteiger partial charge in [0.1, 0.15) is 11.5 Å². The van der Waals surface area contributed by atoms with Gasteiger partial charge < -0.3 is 19.5 Å². The van der Waals surface area contributed by atoms with Gasteiger partial charge in [-0.25, -0.2) is 4.79 Å². The monoisotopic (exact) mass is 476 g/mol. The Balaban J connectivity index is 1.58. The number of fused-ring (bicyclic) bond motifs is 2. The van der Waals surface area contributed by atoms with E-state index in [0.717, 1.165) is 41.4 Å². The molecule has 0 bridgehead atoms. The number of pyridine rings is 1. The van der Waals surface area contributed by atoms with Crippen molar-refractivity contribution in [2.45, 2.75) is 40.0 Å². The molecule has 3 aromatic rings. The van der Waals surface area contributed by atoms with E-state index >= 15 is 0 Å². The van der Waals surface area contributed by atoms with Crippen LogP contribution in [0.5, 0.6) is 11.5 Å². The molecular formula is C28H32N2O5. The summed E-state index contributed by atoms with van der Waals surface area (Å²) >= 11 is 0. The van der Waals surface area contributed by atoms with Gasteiger partial charge in [-0.2, -0.15) is 0 Å². The molecule has 35 heavy (non-hydrogen) atoms. The van der Waals surface area contributed by atoms with Crippen LogP contribution in [-0.4, -0.2) is 37.7 Å². The number of hydrogen-bond acceptors (Lipinski definition) is 6. The number of hydrogen-bond donors (Lipinski definition) is 1. The lowest BCUT2D eigenvalue weighted by molar-refractivity contribution is -0.119. The summed E-state index contributed by atoms with van der Waals surface area (Å²) in [5.74, 6) is 0.495. The number of anilines is 1. The van der Waals surface area contributed by atoms with Crippen LogP contribution in [0.1, 0.15) is 48.8 Å². The second kappa shape index (κ2) is 9.94. The fourth-order valence-corrected chi connectivity index (χ4v) is 4.66. The summed E-state index contributed by atoms with van der Waals surface area (Å²) < 4.78 is 16.1. The molecule has 1 aromatic heterocycles. The highest BCUT2D eigenvalue weighted by Crippen LogP contribution is 2.39. The third kappa shape index (κ3) is 5.24. The number of aryl methyl sites for hydroxylation is 1. The minimum atomic E-state index is -0.512. The quantitative estimate of drug-likeness (QED) is 0.492. The van der Waals surface area contributed by atoms with Crippen LogP contribution in [-0.2, 0) is 22.4 Å². The molecule has 4 rings (SSSR count). The van der Waals surface area contributed by atoms with E-state index in [0.29, 0.717) is 28.7 Å². The molecule has 1 amide bonds. The molecule has 0 saturated carbocycles. The third-order valence-electron chi connectivity index (χ3n) is 6.70. The maximum absolute atomic E-state index is 13.4. The Kier molecular flexibility index (Phi) is 6.96. The van der Waals surface area contributed by atoms with Crippen LogP contribution < -0.4 is 14.8 Å². The lowest BCUT2D eigenvalue weighted by atomic mass is 9.70. The fraction of sp³-hybridized carbons (Fsp3) is 0.393. The predicted molar refractivity (Wildman–Crippen MR) is 135 cm³/mol. The van der Waals surface area contributed by atoms with E-state index in [1.54, 1.807) is 25.3 Å². The van der Waals surface area contributed by atoms with Gasteiger partial charge in [0.15, 0.2) is 6.61 Å².